The Labute approximate surface area is 152 Å². The number of hydrogen-bond donors (Lipinski definition) is 1. The Hall–Kier alpha value is -2.61. The highest BCUT2D eigenvalue weighted by Crippen LogP contribution is 2.32. The number of fused-ring (bicyclic) bond motifs is 1. The lowest BCUT2D eigenvalue weighted by Gasteiger charge is -2.19. The van der Waals surface area contributed by atoms with Crippen LogP contribution in [0.2, 0.25) is 0 Å². The smallest absolute Gasteiger partial charge is 0.276 e. The molecule has 138 valence electrons. The molecule has 1 N–H and O–H groups in total. The van der Waals surface area contributed by atoms with E-state index in [9.17, 15) is 4.79 Å². The molecule has 3 heterocycles. The van der Waals surface area contributed by atoms with Gasteiger partial charge in [0.25, 0.3) is 5.91 Å². The number of aromatic nitrogens is 3. The van der Waals surface area contributed by atoms with Crippen molar-refractivity contribution in [1.82, 2.24) is 25.2 Å². The van der Waals surface area contributed by atoms with E-state index in [-0.39, 0.29) is 5.91 Å². The maximum absolute atomic E-state index is 12.8. The third-order valence-corrected chi connectivity index (χ3v) is 4.93. The van der Waals surface area contributed by atoms with Gasteiger partial charge in [0.15, 0.2) is 17.2 Å². The van der Waals surface area contributed by atoms with Gasteiger partial charge in [-0.3, -0.25) is 4.79 Å². The molecular formula is C18H23N5O3. The molecule has 1 amide bonds. The first-order valence-corrected chi connectivity index (χ1v) is 8.93. The summed E-state index contributed by atoms with van der Waals surface area (Å²) >= 11 is 0. The third-order valence-electron chi connectivity index (χ3n) is 4.93. The van der Waals surface area contributed by atoms with Gasteiger partial charge in [0.1, 0.15) is 13.2 Å². The summed E-state index contributed by atoms with van der Waals surface area (Å²) in [5.74, 6) is 1.86. The minimum absolute atomic E-state index is 0.0510. The van der Waals surface area contributed by atoms with Gasteiger partial charge in [0, 0.05) is 19.2 Å². The fraction of sp³-hybridized carbons (Fsp3) is 0.500. The van der Waals surface area contributed by atoms with Crippen molar-refractivity contribution >= 4 is 5.91 Å². The Morgan fingerprint density at radius 1 is 1.31 bits per heavy atom. The van der Waals surface area contributed by atoms with E-state index in [1.54, 1.807) is 4.68 Å². The van der Waals surface area contributed by atoms with Crippen molar-refractivity contribution in [2.24, 2.45) is 5.92 Å². The van der Waals surface area contributed by atoms with Crippen molar-refractivity contribution in [3.63, 3.8) is 0 Å². The summed E-state index contributed by atoms with van der Waals surface area (Å²) in [6, 6.07) is 5.61. The number of rotatable bonds is 4. The van der Waals surface area contributed by atoms with Crippen LogP contribution in [-0.2, 0) is 0 Å². The predicted octanol–water partition coefficient (Wildman–Crippen LogP) is 1.03. The van der Waals surface area contributed by atoms with E-state index < -0.39 is 0 Å². The number of nitrogens with zero attached hydrogens (tertiary/aromatic N) is 4. The number of hydrogen-bond acceptors (Lipinski definition) is 6. The van der Waals surface area contributed by atoms with Gasteiger partial charge >= 0.3 is 0 Å². The zero-order chi connectivity index (χ0) is 18.1. The van der Waals surface area contributed by atoms with E-state index >= 15 is 0 Å². The highest BCUT2D eigenvalue weighted by atomic mass is 16.6. The molecule has 4 rings (SSSR count). The molecule has 8 nitrogen and oxygen atoms in total. The van der Waals surface area contributed by atoms with Gasteiger partial charge in [-0.25, -0.2) is 4.68 Å². The van der Waals surface area contributed by atoms with Crippen molar-refractivity contribution < 1.29 is 14.3 Å². The summed E-state index contributed by atoms with van der Waals surface area (Å²) in [5.41, 5.74) is 1.93. The summed E-state index contributed by atoms with van der Waals surface area (Å²) in [5, 5.41) is 11.5. The zero-order valence-electron chi connectivity index (χ0n) is 15.1. The summed E-state index contributed by atoms with van der Waals surface area (Å²) in [7, 11) is 1.94. The van der Waals surface area contributed by atoms with Gasteiger partial charge in [-0.05, 0) is 45.0 Å². The number of likely N-dealkylation sites (tertiary alicyclic amines) is 1. The van der Waals surface area contributed by atoms with E-state index in [0.29, 0.717) is 30.6 Å². The molecule has 1 atom stereocenters. The van der Waals surface area contributed by atoms with Crippen LogP contribution in [0.25, 0.3) is 5.69 Å². The van der Waals surface area contributed by atoms with Crippen LogP contribution in [0.4, 0.5) is 0 Å². The Bertz CT molecular complexity index is 819. The monoisotopic (exact) mass is 357 g/mol. The topological polar surface area (TPSA) is 81.5 Å². The van der Waals surface area contributed by atoms with Gasteiger partial charge in [-0.1, -0.05) is 5.21 Å². The molecule has 2 aliphatic rings. The molecule has 0 spiro atoms. The molecule has 0 saturated carbocycles. The van der Waals surface area contributed by atoms with Crippen molar-refractivity contribution in [3.05, 3.63) is 29.6 Å². The van der Waals surface area contributed by atoms with Crippen LogP contribution in [0.3, 0.4) is 0 Å². The van der Waals surface area contributed by atoms with E-state index in [0.717, 1.165) is 43.2 Å². The van der Waals surface area contributed by atoms with Gasteiger partial charge in [-0.2, -0.15) is 0 Å². The second-order valence-electron chi connectivity index (χ2n) is 6.73. The summed E-state index contributed by atoms with van der Waals surface area (Å²) in [6.45, 7) is 5.40. The standard InChI is InChI=1S/C18H23N5O3/c1-12-17(18(24)22-6-5-13(11-22)10-19-2)20-21-23(12)14-3-4-15-16(9-14)26-8-7-25-15/h3-4,9,13,19H,5-8,10-11H2,1-2H3. The molecule has 2 aliphatic heterocycles. The first-order chi connectivity index (χ1) is 12.7. The quantitative estimate of drug-likeness (QED) is 0.880. The Kier molecular flexibility index (Phi) is 4.50. The molecule has 0 radical (unpaired) electrons. The van der Waals surface area contributed by atoms with Crippen LogP contribution in [0, 0.1) is 12.8 Å². The lowest BCUT2D eigenvalue weighted by atomic mass is 10.1. The molecule has 1 fully saturated rings. The Morgan fingerprint density at radius 3 is 2.92 bits per heavy atom. The number of nitrogens with one attached hydrogen (secondary N) is 1. The number of carbonyl (C=O) groups is 1. The van der Waals surface area contributed by atoms with Gasteiger partial charge in [-0.15, -0.1) is 5.10 Å². The lowest BCUT2D eigenvalue weighted by molar-refractivity contribution is 0.0780. The van der Waals surface area contributed by atoms with Crippen molar-refractivity contribution in [2.45, 2.75) is 13.3 Å². The maximum atomic E-state index is 12.8. The first-order valence-electron chi connectivity index (χ1n) is 8.93. The highest BCUT2D eigenvalue weighted by molar-refractivity contribution is 5.93. The average Bonchev–Trinajstić information content (AvgIpc) is 3.28. The number of ether oxygens (including phenoxy) is 2. The molecule has 1 unspecified atom stereocenters. The Balaban J connectivity index is 1.56. The fourth-order valence-electron chi connectivity index (χ4n) is 3.56. The van der Waals surface area contributed by atoms with Gasteiger partial charge < -0.3 is 19.7 Å². The van der Waals surface area contributed by atoms with Crippen molar-refractivity contribution in [3.8, 4) is 17.2 Å². The summed E-state index contributed by atoms with van der Waals surface area (Å²) < 4.78 is 12.9. The predicted molar refractivity (Wildman–Crippen MR) is 95.0 cm³/mol. The minimum Gasteiger partial charge on any atom is -0.486 e. The third kappa shape index (κ3) is 3.01. The zero-order valence-corrected chi connectivity index (χ0v) is 15.1. The molecule has 0 aliphatic carbocycles. The lowest BCUT2D eigenvalue weighted by Crippen LogP contribution is -2.31. The average molecular weight is 357 g/mol. The second-order valence-corrected chi connectivity index (χ2v) is 6.73. The first kappa shape index (κ1) is 16.8. The molecule has 1 aromatic carbocycles. The molecule has 26 heavy (non-hydrogen) atoms. The SMILES string of the molecule is CNCC1CCN(C(=O)c2nnn(-c3ccc4c(c3)OCCO4)c2C)C1. The van der Waals surface area contributed by atoms with E-state index in [2.05, 4.69) is 15.6 Å². The Morgan fingerprint density at radius 2 is 2.12 bits per heavy atom. The molecule has 2 aromatic rings. The molecule has 1 saturated heterocycles. The van der Waals surface area contributed by atoms with Crippen LogP contribution in [0.1, 0.15) is 22.6 Å². The van der Waals surface area contributed by atoms with E-state index in [1.165, 1.54) is 0 Å². The van der Waals surface area contributed by atoms with Gasteiger partial charge in [0.05, 0.1) is 11.4 Å². The van der Waals surface area contributed by atoms with Crippen LogP contribution < -0.4 is 14.8 Å². The normalized spacial score (nSPS) is 19.0. The van der Waals surface area contributed by atoms with Crippen LogP contribution in [-0.4, -0.2) is 65.7 Å². The van der Waals surface area contributed by atoms with Crippen LogP contribution >= 0.6 is 0 Å². The fourth-order valence-corrected chi connectivity index (χ4v) is 3.56. The van der Waals surface area contributed by atoms with E-state index in [1.807, 2.05) is 37.1 Å². The van der Waals surface area contributed by atoms with Crippen LogP contribution in [0.15, 0.2) is 18.2 Å². The number of benzene rings is 1. The minimum atomic E-state index is -0.0510. The molecular weight excluding hydrogens is 334 g/mol. The largest absolute Gasteiger partial charge is 0.486 e. The number of amides is 1. The maximum Gasteiger partial charge on any atom is 0.276 e. The van der Waals surface area contributed by atoms with Crippen molar-refractivity contribution in [2.75, 3.05) is 39.9 Å². The molecule has 0 bridgehead atoms. The van der Waals surface area contributed by atoms with Gasteiger partial charge in [0.2, 0.25) is 0 Å². The highest BCUT2D eigenvalue weighted by Gasteiger charge is 2.29. The summed E-state index contributed by atoms with van der Waals surface area (Å²) in [6.07, 6.45) is 1.02. The molecule has 8 heteroatoms. The van der Waals surface area contributed by atoms with Crippen LogP contribution in [0.5, 0.6) is 11.5 Å². The summed E-state index contributed by atoms with van der Waals surface area (Å²) in [4.78, 5) is 14.7. The number of carbonyl (C=O) groups excluding carboxylic acids is 1. The second kappa shape index (κ2) is 6.95. The van der Waals surface area contributed by atoms with E-state index in [4.69, 9.17) is 9.47 Å². The van der Waals surface area contributed by atoms with Crippen molar-refractivity contribution in [1.29, 1.82) is 0 Å². The molecule has 1 aromatic heterocycles.